The van der Waals surface area contributed by atoms with Gasteiger partial charge >= 0.3 is 0 Å². The van der Waals surface area contributed by atoms with E-state index in [1.54, 1.807) is 0 Å². The molecule has 20 heavy (non-hydrogen) atoms. The molecule has 0 unspecified atom stereocenters. The second-order valence-corrected chi connectivity index (χ2v) is 6.58. The van der Waals surface area contributed by atoms with Gasteiger partial charge < -0.3 is 5.32 Å². The molecule has 1 aromatic heterocycles. The van der Waals surface area contributed by atoms with Gasteiger partial charge in [0.2, 0.25) is 0 Å². The van der Waals surface area contributed by atoms with Crippen molar-refractivity contribution in [3.8, 4) is 0 Å². The summed E-state index contributed by atoms with van der Waals surface area (Å²) >= 11 is 1.82. The van der Waals surface area contributed by atoms with Crippen LogP contribution in [0.15, 0.2) is 24.3 Å². The number of fused-ring (bicyclic) bond motifs is 1. The van der Waals surface area contributed by atoms with E-state index >= 15 is 0 Å². The third kappa shape index (κ3) is 3.92. The molecule has 0 aliphatic carbocycles. The highest BCUT2D eigenvalue weighted by molar-refractivity contribution is 7.18. The number of nitrogens with zero attached hydrogens (tertiary/aromatic N) is 2. The van der Waals surface area contributed by atoms with E-state index in [1.165, 1.54) is 42.2 Å². The largest absolute Gasteiger partial charge is 0.317 e. The summed E-state index contributed by atoms with van der Waals surface area (Å²) in [5, 5.41) is 4.66. The zero-order chi connectivity index (χ0) is 13.1. The van der Waals surface area contributed by atoms with Crippen LogP contribution < -0.4 is 5.32 Å². The van der Waals surface area contributed by atoms with Crippen LogP contribution in [0, 0.1) is 5.92 Å². The summed E-state index contributed by atoms with van der Waals surface area (Å²) in [6, 6.07) is 8.40. The summed E-state index contributed by atoms with van der Waals surface area (Å²) < 4.78 is 1.30. The summed E-state index contributed by atoms with van der Waals surface area (Å²) in [5.41, 5.74) is 1.14. The molecule has 1 N–H and O–H groups in total. The fourth-order valence-corrected chi connectivity index (χ4v) is 3.84. The first kappa shape index (κ1) is 15.7. The number of nitrogens with one attached hydrogen (secondary N) is 1. The molecule has 1 fully saturated rings. The first-order valence-electron chi connectivity index (χ1n) is 7.05. The van der Waals surface area contributed by atoms with Crippen molar-refractivity contribution in [3.05, 3.63) is 29.3 Å². The van der Waals surface area contributed by atoms with Crippen LogP contribution in [0.25, 0.3) is 10.2 Å². The quantitative estimate of drug-likeness (QED) is 0.940. The molecule has 1 saturated heterocycles. The Bertz CT molecular complexity index is 504. The molecule has 110 valence electrons. The Morgan fingerprint density at radius 2 is 2.05 bits per heavy atom. The molecule has 3 nitrogen and oxygen atoms in total. The van der Waals surface area contributed by atoms with E-state index in [0.29, 0.717) is 0 Å². The van der Waals surface area contributed by atoms with E-state index in [0.717, 1.165) is 18.0 Å². The van der Waals surface area contributed by atoms with Crippen LogP contribution in [-0.2, 0) is 6.54 Å². The van der Waals surface area contributed by atoms with Gasteiger partial charge in [0.15, 0.2) is 0 Å². The zero-order valence-corrected chi connectivity index (χ0v) is 13.5. The van der Waals surface area contributed by atoms with Gasteiger partial charge in [-0.25, -0.2) is 4.98 Å². The van der Waals surface area contributed by atoms with Crippen LogP contribution in [0.1, 0.15) is 17.8 Å². The minimum Gasteiger partial charge on any atom is -0.317 e. The molecular weight excluding hydrogens is 290 g/mol. The van der Waals surface area contributed by atoms with Crippen LogP contribution in [0.5, 0.6) is 0 Å². The Labute approximate surface area is 130 Å². The van der Waals surface area contributed by atoms with Gasteiger partial charge in [-0.05, 0) is 51.0 Å². The predicted octanol–water partition coefficient (Wildman–Crippen LogP) is 3.15. The molecule has 2 aromatic rings. The number of aromatic nitrogens is 1. The minimum absolute atomic E-state index is 0. The van der Waals surface area contributed by atoms with Gasteiger partial charge in [0.05, 0.1) is 16.8 Å². The maximum atomic E-state index is 4.71. The number of hydrogen-bond donors (Lipinski definition) is 1. The highest BCUT2D eigenvalue weighted by Crippen LogP contribution is 2.23. The van der Waals surface area contributed by atoms with Crippen molar-refractivity contribution >= 4 is 34.0 Å². The molecule has 0 bridgehead atoms. The van der Waals surface area contributed by atoms with Gasteiger partial charge in [-0.3, -0.25) is 4.90 Å². The van der Waals surface area contributed by atoms with Crippen molar-refractivity contribution in [2.45, 2.75) is 19.4 Å². The molecule has 0 saturated carbocycles. The lowest BCUT2D eigenvalue weighted by Crippen LogP contribution is -2.34. The number of benzene rings is 1. The Balaban J connectivity index is 0.00000147. The maximum absolute atomic E-state index is 4.71. The maximum Gasteiger partial charge on any atom is 0.108 e. The molecule has 2 heterocycles. The van der Waals surface area contributed by atoms with Crippen LogP contribution in [0.2, 0.25) is 0 Å². The van der Waals surface area contributed by atoms with Crippen LogP contribution in [0.4, 0.5) is 0 Å². The zero-order valence-electron chi connectivity index (χ0n) is 11.8. The standard InChI is InChI=1S/C15H21N3S.ClH/c1-18(10-12-6-8-16-9-7-12)11-15-17-13-4-2-3-5-14(13)19-15;/h2-5,12,16H,6-11H2,1H3;1H. The summed E-state index contributed by atoms with van der Waals surface area (Å²) in [6.07, 6.45) is 2.62. The Morgan fingerprint density at radius 3 is 2.80 bits per heavy atom. The van der Waals surface area contributed by atoms with Gasteiger partial charge in [0.25, 0.3) is 0 Å². The van der Waals surface area contributed by atoms with E-state index in [9.17, 15) is 0 Å². The number of hydrogen-bond acceptors (Lipinski definition) is 4. The van der Waals surface area contributed by atoms with Crippen LogP contribution >= 0.6 is 23.7 Å². The number of rotatable bonds is 4. The van der Waals surface area contributed by atoms with Gasteiger partial charge in [-0.2, -0.15) is 0 Å². The van der Waals surface area contributed by atoms with E-state index in [1.807, 2.05) is 11.3 Å². The molecular formula is C15H22ClN3S. The van der Waals surface area contributed by atoms with Crippen molar-refractivity contribution in [2.75, 3.05) is 26.7 Å². The summed E-state index contributed by atoms with van der Waals surface area (Å²) in [7, 11) is 2.22. The molecule has 1 aromatic carbocycles. The lowest BCUT2D eigenvalue weighted by Gasteiger charge is -2.26. The smallest absolute Gasteiger partial charge is 0.108 e. The van der Waals surface area contributed by atoms with Crippen molar-refractivity contribution in [3.63, 3.8) is 0 Å². The second-order valence-electron chi connectivity index (χ2n) is 5.47. The first-order chi connectivity index (χ1) is 9.31. The molecule has 1 aliphatic rings. The monoisotopic (exact) mass is 311 g/mol. The van der Waals surface area contributed by atoms with Crippen molar-refractivity contribution in [2.24, 2.45) is 5.92 Å². The summed E-state index contributed by atoms with van der Waals surface area (Å²) in [6.45, 7) is 4.53. The number of para-hydroxylation sites is 1. The van der Waals surface area contributed by atoms with E-state index in [2.05, 4.69) is 41.5 Å². The van der Waals surface area contributed by atoms with Crippen molar-refractivity contribution in [1.82, 2.24) is 15.2 Å². The molecule has 3 rings (SSSR count). The number of halogens is 1. The van der Waals surface area contributed by atoms with Gasteiger partial charge in [0.1, 0.15) is 5.01 Å². The third-order valence-corrected chi connectivity index (χ3v) is 4.79. The Kier molecular flexibility index (Phi) is 5.78. The fourth-order valence-electron chi connectivity index (χ4n) is 2.79. The molecule has 0 spiro atoms. The van der Waals surface area contributed by atoms with E-state index in [4.69, 9.17) is 4.98 Å². The highest BCUT2D eigenvalue weighted by atomic mass is 35.5. The third-order valence-electron chi connectivity index (χ3n) is 3.77. The predicted molar refractivity (Wildman–Crippen MR) is 88.8 cm³/mol. The van der Waals surface area contributed by atoms with Gasteiger partial charge in [0, 0.05) is 6.54 Å². The number of piperidine rings is 1. The lowest BCUT2D eigenvalue weighted by molar-refractivity contribution is 0.234. The fraction of sp³-hybridized carbons (Fsp3) is 0.533. The summed E-state index contributed by atoms with van der Waals surface area (Å²) in [4.78, 5) is 7.13. The second kappa shape index (κ2) is 7.36. The molecule has 0 radical (unpaired) electrons. The summed E-state index contributed by atoms with van der Waals surface area (Å²) in [5.74, 6) is 0.848. The normalized spacial score (nSPS) is 16.5. The van der Waals surface area contributed by atoms with Crippen LogP contribution in [0.3, 0.4) is 0 Å². The lowest BCUT2D eigenvalue weighted by atomic mass is 9.98. The molecule has 0 atom stereocenters. The number of thiazole rings is 1. The van der Waals surface area contributed by atoms with Gasteiger partial charge in [-0.1, -0.05) is 12.1 Å². The highest BCUT2D eigenvalue weighted by Gasteiger charge is 2.15. The van der Waals surface area contributed by atoms with E-state index < -0.39 is 0 Å². The van der Waals surface area contributed by atoms with E-state index in [-0.39, 0.29) is 12.4 Å². The molecule has 5 heteroatoms. The topological polar surface area (TPSA) is 28.2 Å². The Hall–Kier alpha value is -0.680. The van der Waals surface area contributed by atoms with Gasteiger partial charge in [-0.15, -0.1) is 23.7 Å². The van der Waals surface area contributed by atoms with Crippen molar-refractivity contribution < 1.29 is 0 Å². The van der Waals surface area contributed by atoms with Crippen LogP contribution in [-0.4, -0.2) is 36.6 Å². The Morgan fingerprint density at radius 1 is 1.30 bits per heavy atom. The van der Waals surface area contributed by atoms with Crippen molar-refractivity contribution in [1.29, 1.82) is 0 Å². The average Bonchev–Trinajstić information content (AvgIpc) is 2.81. The first-order valence-corrected chi connectivity index (χ1v) is 7.86. The molecule has 0 amide bonds. The SMILES string of the molecule is CN(Cc1nc2ccccc2s1)CC1CCNCC1.Cl. The average molecular weight is 312 g/mol. The minimum atomic E-state index is 0. The molecule has 1 aliphatic heterocycles.